The van der Waals surface area contributed by atoms with Crippen LogP contribution in [0.4, 0.5) is 5.69 Å². The third-order valence-corrected chi connectivity index (χ3v) is 5.56. The van der Waals surface area contributed by atoms with Crippen molar-refractivity contribution >= 4 is 22.6 Å². The van der Waals surface area contributed by atoms with Gasteiger partial charge >= 0.3 is 0 Å². The third-order valence-electron chi connectivity index (χ3n) is 5.56. The van der Waals surface area contributed by atoms with Gasteiger partial charge < -0.3 is 19.9 Å². The van der Waals surface area contributed by atoms with Gasteiger partial charge in [0, 0.05) is 58.2 Å². The number of fused-ring (bicyclic) bond motifs is 1. The molecule has 8 heteroatoms. The molecule has 4 heterocycles. The van der Waals surface area contributed by atoms with Gasteiger partial charge in [0.15, 0.2) is 5.65 Å². The monoisotopic (exact) mass is 372 g/mol. The molecular weight excluding hydrogens is 344 g/mol. The van der Waals surface area contributed by atoms with E-state index >= 15 is 0 Å². The number of aromatic nitrogens is 3. The van der Waals surface area contributed by atoms with Crippen LogP contribution in [0.5, 0.6) is 0 Å². The van der Waals surface area contributed by atoms with Crippen molar-refractivity contribution in [1.82, 2.24) is 24.6 Å². The van der Waals surface area contributed by atoms with E-state index in [2.05, 4.69) is 27.3 Å². The Kier molecular flexibility index (Phi) is 5.27. The minimum Gasteiger partial charge on any atom is -0.381 e. The molecule has 2 aromatic rings. The average molecular weight is 372 g/mol. The fraction of sp³-hybridized carbons (Fsp3) is 0.632. The van der Waals surface area contributed by atoms with Crippen LogP contribution in [0.1, 0.15) is 30.1 Å². The molecule has 0 aromatic carbocycles. The molecule has 27 heavy (non-hydrogen) atoms. The van der Waals surface area contributed by atoms with E-state index in [1.165, 1.54) is 0 Å². The zero-order valence-corrected chi connectivity index (χ0v) is 16.1. The number of piperazine rings is 1. The standard InChI is InChI=1S/C19H28N6O2/c1-3-25-18-15(13-21-25)17(22-14-4-10-27-11-5-14)16(12-20-18)19(26)24-8-6-23(2)7-9-24/h12-14H,3-11H2,1-2H3,(H,20,22). The van der Waals surface area contributed by atoms with Crippen LogP contribution in [-0.2, 0) is 11.3 Å². The molecule has 4 rings (SSSR count). The van der Waals surface area contributed by atoms with E-state index in [1.54, 1.807) is 6.20 Å². The molecule has 0 spiro atoms. The largest absolute Gasteiger partial charge is 0.381 e. The SMILES string of the molecule is CCn1ncc2c(NC3CCOCC3)c(C(=O)N3CCN(C)CC3)cnc21. The summed E-state index contributed by atoms with van der Waals surface area (Å²) in [4.78, 5) is 22.0. The molecule has 0 unspecified atom stereocenters. The summed E-state index contributed by atoms with van der Waals surface area (Å²) in [5.41, 5.74) is 2.34. The van der Waals surface area contributed by atoms with E-state index in [-0.39, 0.29) is 5.91 Å². The summed E-state index contributed by atoms with van der Waals surface area (Å²) in [6.45, 7) is 7.60. The second-order valence-electron chi connectivity index (χ2n) is 7.37. The first kappa shape index (κ1) is 18.2. The Morgan fingerprint density at radius 2 is 1.96 bits per heavy atom. The van der Waals surface area contributed by atoms with Crippen molar-refractivity contribution in [2.24, 2.45) is 0 Å². The Morgan fingerprint density at radius 3 is 2.67 bits per heavy atom. The number of anilines is 1. The van der Waals surface area contributed by atoms with E-state index in [4.69, 9.17) is 4.74 Å². The molecular formula is C19H28N6O2. The molecule has 8 nitrogen and oxygen atoms in total. The van der Waals surface area contributed by atoms with Crippen LogP contribution >= 0.6 is 0 Å². The summed E-state index contributed by atoms with van der Waals surface area (Å²) in [6, 6.07) is 0.299. The molecule has 1 amide bonds. The lowest BCUT2D eigenvalue weighted by Crippen LogP contribution is -2.47. The zero-order valence-electron chi connectivity index (χ0n) is 16.1. The van der Waals surface area contributed by atoms with Crippen molar-refractivity contribution in [3.05, 3.63) is 18.0 Å². The summed E-state index contributed by atoms with van der Waals surface area (Å²) < 4.78 is 7.35. The van der Waals surface area contributed by atoms with Gasteiger partial charge in [0.25, 0.3) is 5.91 Å². The van der Waals surface area contributed by atoms with Crippen LogP contribution in [0.2, 0.25) is 0 Å². The number of hydrogen-bond acceptors (Lipinski definition) is 6. The molecule has 146 valence electrons. The van der Waals surface area contributed by atoms with E-state index < -0.39 is 0 Å². The number of likely N-dealkylation sites (N-methyl/N-ethyl adjacent to an activating group) is 1. The van der Waals surface area contributed by atoms with E-state index in [9.17, 15) is 4.79 Å². The van der Waals surface area contributed by atoms with Gasteiger partial charge in [-0.25, -0.2) is 9.67 Å². The number of carbonyl (C=O) groups excluding carboxylic acids is 1. The summed E-state index contributed by atoms with van der Waals surface area (Å²) in [6.07, 6.45) is 5.43. The van der Waals surface area contributed by atoms with Gasteiger partial charge in [-0.2, -0.15) is 5.10 Å². The number of pyridine rings is 1. The lowest BCUT2D eigenvalue weighted by Gasteiger charge is -2.33. The number of nitrogens with one attached hydrogen (secondary N) is 1. The fourth-order valence-corrected chi connectivity index (χ4v) is 3.80. The maximum Gasteiger partial charge on any atom is 0.257 e. The average Bonchev–Trinajstić information content (AvgIpc) is 3.13. The number of rotatable bonds is 4. The number of nitrogens with zero attached hydrogens (tertiary/aromatic N) is 5. The number of carbonyl (C=O) groups is 1. The molecule has 1 N–H and O–H groups in total. The van der Waals surface area contributed by atoms with E-state index in [0.29, 0.717) is 11.6 Å². The Balaban J connectivity index is 1.69. The van der Waals surface area contributed by atoms with Gasteiger partial charge in [0.2, 0.25) is 0 Å². The van der Waals surface area contributed by atoms with Crippen molar-refractivity contribution in [3.63, 3.8) is 0 Å². The summed E-state index contributed by atoms with van der Waals surface area (Å²) >= 11 is 0. The van der Waals surface area contributed by atoms with E-state index in [1.807, 2.05) is 22.7 Å². The van der Waals surface area contributed by atoms with Gasteiger partial charge in [-0.05, 0) is 26.8 Å². The van der Waals surface area contributed by atoms with Crippen molar-refractivity contribution in [3.8, 4) is 0 Å². The summed E-state index contributed by atoms with van der Waals surface area (Å²) in [5, 5.41) is 9.00. The molecule has 0 aliphatic carbocycles. The normalized spacial score (nSPS) is 19.6. The maximum atomic E-state index is 13.3. The molecule has 2 aliphatic heterocycles. The second-order valence-corrected chi connectivity index (χ2v) is 7.37. The number of amides is 1. The summed E-state index contributed by atoms with van der Waals surface area (Å²) in [7, 11) is 2.09. The van der Waals surface area contributed by atoms with Crippen LogP contribution in [0.15, 0.2) is 12.4 Å². The van der Waals surface area contributed by atoms with Crippen LogP contribution in [0, 0.1) is 0 Å². The molecule has 0 radical (unpaired) electrons. The van der Waals surface area contributed by atoms with Gasteiger partial charge in [0.05, 0.1) is 22.8 Å². The van der Waals surface area contributed by atoms with Crippen LogP contribution in [0.3, 0.4) is 0 Å². The predicted octanol–water partition coefficient (Wildman–Crippen LogP) is 1.43. The highest BCUT2D eigenvalue weighted by atomic mass is 16.5. The van der Waals surface area contributed by atoms with Crippen molar-refractivity contribution in [1.29, 1.82) is 0 Å². The minimum absolute atomic E-state index is 0.0521. The molecule has 0 bridgehead atoms. The third kappa shape index (κ3) is 3.64. The molecule has 0 saturated carbocycles. The first-order valence-electron chi connectivity index (χ1n) is 9.84. The van der Waals surface area contributed by atoms with Crippen LogP contribution in [0.25, 0.3) is 11.0 Å². The van der Waals surface area contributed by atoms with Crippen LogP contribution < -0.4 is 5.32 Å². The Morgan fingerprint density at radius 1 is 1.22 bits per heavy atom. The molecule has 2 fully saturated rings. The highest BCUT2D eigenvalue weighted by molar-refractivity contribution is 6.06. The summed E-state index contributed by atoms with van der Waals surface area (Å²) in [5.74, 6) is 0.0521. The predicted molar refractivity (Wildman–Crippen MR) is 104 cm³/mol. The highest BCUT2D eigenvalue weighted by Crippen LogP contribution is 2.29. The molecule has 2 aromatic heterocycles. The first-order chi connectivity index (χ1) is 13.2. The quantitative estimate of drug-likeness (QED) is 0.875. The molecule has 2 aliphatic rings. The maximum absolute atomic E-state index is 13.3. The van der Waals surface area contributed by atoms with Gasteiger partial charge in [-0.3, -0.25) is 4.79 Å². The van der Waals surface area contributed by atoms with Crippen LogP contribution in [-0.4, -0.2) is 83.0 Å². The second kappa shape index (κ2) is 7.82. The number of hydrogen-bond donors (Lipinski definition) is 1. The van der Waals surface area contributed by atoms with Crippen molar-refractivity contribution < 1.29 is 9.53 Å². The number of ether oxygens (including phenoxy) is 1. The van der Waals surface area contributed by atoms with Crippen molar-refractivity contribution in [2.45, 2.75) is 32.4 Å². The van der Waals surface area contributed by atoms with Gasteiger partial charge in [0.1, 0.15) is 0 Å². The first-order valence-corrected chi connectivity index (χ1v) is 9.84. The Hall–Kier alpha value is -2.19. The zero-order chi connectivity index (χ0) is 18.8. The lowest BCUT2D eigenvalue weighted by atomic mass is 10.1. The smallest absolute Gasteiger partial charge is 0.257 e. The molecule has 2 saturated heterocycles. The topological polar surface area (TPSA) is 75.5 Å². The van der Waals surface area contributed by atoms with E-state index in [0.717, 1.165) is 75.5 Å². The Labute approximate surface area is 159 Å². The number of aryl methyl sites for hydroxylation is 1. The van der Waals surface area contributed by atoms with Crippen molar-refractivity contribution in [2.75, 3.05) is 51.8 Å². The highest BCUT2D eigenvalue weighted by Gasteiger charge is 2.26. The molecule has 0 atom stereocenters. The fourth-order valence-electron chi connectivity index (χ4n) is 3.80. The minimum atomic E-state index is 0.0521. The lowest BCUT2D eigenvalue weighted by molar-refractivity contribution is 0.0664. The van der Waals surface area contributed by atoms with Gasteiger partial charge in [-0.1, -0.05) is 0 Å². The Bertz CT molecular complexity index is 806. The van der Waals surface area contributed by atoms with Gasteiger partial charge in [-0.15, -0.1) is 0 Å².